The molecule has 2 fully saturated rings. The first-order valence-corrected chi connectivity index (χ1v) is 3.99. The minimum Gasteiger partial charge on any atom is -0.327 e. The van der Waals surface area contributed by atoms with E-state index < -0.39 is 0 Å². The summed E-state index contributed by atoms with van der Waals surface area (Å²) in [7, 11) is 0. The normalized spacial score (nSPS) is 45.6. The van der Waals surface area contributed by atoms with Gasteiger partial charge in [0.25, 0.3) is 0 Å². The standard InChI is InChI=1S/C8H15N.ClH/c1-8(6-2-3-6)5-4-7(8)9;/h6-7H,2-5,9H2,1H3;1H. The number of halogens is 1. The number of hydrogen-bond donors (Lipinski definition) is 1. The molecule has 0 aliphatic heterocycles. The molecule has 0 heterocycles. The number of hydrogen-bond acceptors (Lipinski definition) is 1. The molecule has 1 nitrogen and oxygen atoms in total. The zero-order chi connectivity index (χ0) is 6.48. The van der Waals surface area contributed by atoms with Gasteiger partial charge in [-0.15, -0.1) is 12.4 Å². The van der Waals surface area contributed by atoms with Gasteiger partial charge in [-0.05, 0) is 37.0 Å². The highest BCUT2D eigenvalue weighted by atomic mass is 35.5. The molecule has 60 valence electrons. The first kappa shape index (κ1) is 8.35. The lowest BCUT2D eigenvalue weighted by Crippen LogP contribution is -2.50. The smallest absolute Gasteiger partial charge is 0.00957 e. The Morgan fingerprint density at radius 3 is 2.00 bits per heavy atom. The lowest BCUT2D eigenvalue weighted by Gasteiger charge is -2.45. The zero-order valence-electron chi connectivity index (χ0n) is 6.47. The van der Waals surface area contributed by atoms with Crippen molar-refractivity contribution in [3.05, 3.63) is 0 Å². The molecular weight excluding hydrogens is 146 g/mol. The van der Waals surface area contributed by atoms with Gasteiger partial charge < -0.3 is 5.73 Å². The van der Waals surface area contributed by atoms with Crippen LogP contribution in [0.4, 0.5) is 0 Å². The Bertz CT molecular complexity index is 129. The Hall–Kier alpha value is 0.250. The van der Waals surface area contributed by atoms with Crippen molar-refractivity contribution in [3.8, 4) is 0 Å². The van der Waals surface area contributed by atoms with Crippen molar-refractivity contribution in [1.82, 2.24) is 0 Å². The molecule has 10 heavy (non-hydrogen) atoms. The first-order valence-electron chi connectivity index (χ1n) is 3.99. The van der Waals surface area contributed by atoms with Crippen LogP contribution in [0.3, 0.4) is 0 Å². The lowest BCUT2D eigenvalue weighted by atomic mass is 9.63. The average Bonchev–Trinajstić information content (AvgIpc) is 2.64. The molecule has 2 aliphatic carbocycles. The topological polar surface area (TPSA) is 26.0 Å². The van der Waals surface area contributed by atoms with E-state index in [9.17, 15) is 0 Å². The predicted molar refractivity (Wildman–Crippen MR) is 45.3 cm³/mol. The van der Waals surface area contributed by atoms with Crippen molar-refractivity contribution < 1.29 is 0 Å². The van der Waals surface area contributed by atoms with Crippen LogP contribution in [0.25, 0.3) is 0 Å². The number of nitrogens with two attached hydrogens (primary N) is 1. The van der Waals surface area contributed by atoms with E-state index >= 15 is 0 Å². The lowest BCUT2D eigenvalue weighted by molar-refractivity contribution is 0.0885. The second kappa shape index (κ2) is 2.38. The summed E-state index contributed by atoms with van der Waals surface area (Å²) in [6.07, 6.45) is 5.56. The molecule has 2 N–H and O–H groups in total. The molecule has 2 rings (SSSR count). The molecule has 2 aliphatic rings. The minimum atomic E-state index is 0. The van der Waals surface area contributed by atoms with E-state index in [2.05, 4.69) is 6.92 Å². The van der Waals surface area contributed by atoms with Gasteiger partial charge in [0.05, 0.1) is 0 Å². The van der Waals surface area contributed by atoms with Crippen molar-refractivity contribution in [1.29, 1.82) is 0 Å². The molecule has 2 atom stereocenters. The van der Waals surface area contributed by atoms with E-state index in [0.29, 0.717) is 11.5 Å². The molecule has 2 unspecified atom stereocenters. The summed E-state index contributed by atoms with van der Waals surface area (Å²) in [4.78, 5) is 0. The van der Waals surface area contributed by atoms with Crippen molar-refractivity contribution in [2.45, 2.75) is 38.6 Å². The second-order valence-electron chi connectivity index (χ2n) is 3.93. The molecular formula is C8H16ClN. The van der Waals surface area contributed by atoms with E-state index in [1.165, 1.54) is 25.7 Å². The maximum Gasteiger partial charge on any atom is 0.00957 e. The van der Waals surface area contributed by atoms with E-state index in [1.54, 1.807) is 0 Å². The molecule has 0 saturated heterocycles. The van der Waals surface area contributed by atoms with Crippen LogP contribution < -0.4 is 5.73 Å². The van der Waals surface area contributed by atoms with Crippen molar-refractivity contribution in [3.63, 3.8) is 0 Å². The van der Waals surface area contributed by atoms with Gasteiger partial charge >= 0.3 is 0 Å². The van der Waals surface area contributed by atoms with Gasteiger partial charge in [-0.2, -0.15) is 0 Å². The van der Waals surface area contributed by atoms with Gasteiger partial charge in [-0.1, -0.05) is 6.92 Å². The fourth-order valence-corrected chi connectivity index (χ4v) is 2.02. The summed E-state index contributed by atoms with van der Waals surface area (Å²) in [5.74, 6) is 1.00. The Labute approximate surface area is 68.8 Å². The van der Waals surface area contributed by atoms with Crippen LogP contribution in [0.5, 0.6) is 0 Å². The summed E-state index contributed by atoms with van der Waals surface area (Å²) in [6.45, 7) is 2.36. The molecule has 0 spiro atoms. The van der Waals surface area contributed by atoms with Crippen LogP contribution in [0.15, 0.2) is 0 Å². The van der Waals surface area contributed by atoms with E-state index in [-0.39, 0.29) is 12.4 Å². The van der Waals surface area contributed by atoms with Crippen LogP contribution in [0.1, 0.15) is 32.6 Å². The fourth-order valence-electron chi connectivity index (χ4n) is 2.02. The third-order valence-electron chi connectivity index (χ3n) is 3.35. The average molecular weight is 162 g/mol. The summed E-state index contributed by atoms with van der Waals surface area (Å²) < 4.78 is 0. The summed E-state index contributed by atoms with van der Waals surface area (Å²) in [5, 5.41) is 0. The van der Waals surface area contributed by atoms with Crippen LogP contribution >= 0.6 is 12.4 Å². The van der Waals surface area contributed by atoms with Gasteiger partial charge in [0, 0.05) is 6.04 Å². The third kappa shape index (κ3) is 0.960. The summed E-state index contributed by atoms with van der Waals surface area (Å²) in [6, 6.07) is 0.532. The minimum absolute atomic E-state index is 0. The monoisotopic (exact) mass is 161 g/mol. The van der Waals surface area contributed by atoms with Gasteiger partial charge in [0.2, 0.25) is 0 Å². The highest BCUT2D eigenvalue weighted by Gasteiger charge is 2.50. The Kier molecular flexibility index (Phi) is 1.99. The van der Waals surface area contributed by atoms with Gasteiger partial charge in [0.1, 0.15) is 0 Å². The molecule has 0 radical (unpaired) electrons. The Morgan fingerprint density at radius 2 is 1.90 bits per heavy atom. The molecule has 0 bridgehead atoms. The fraction of sp³-hybridized carbons (Fsp3) is 1.00. The maximum atomic E-state index is 5.90. The van der Waals surface area contributed by atoms with Crippen molar-refractivity contribution >= 4 is 12.4 Å². The van der Waals surface area contributed by atoms with Gasteiger partial charge in [-0.25, -0.2) is 0 Å². The largest absolute Gasteiger partial charge is 0.327 e. The Morgan fingerprint density at radius 1 is 1.30 bits per heavy atom. The van der Waals surface area contributed by atoms with E-state index in [1.807, 2.05) is 0 Å². The second-order valence-corrected chi connectivity index (χ2v) is 3.93. The van der Waals surface area contributed by atoms with E-state index in [0.717, 1.165) is 5.92 Å². The first-order chi connectivity index (χ1) is 4.23. The number of rotatable bonds is 1. The molecule has 0 amide bonds. The SMILES string of the molecule is CC1(C2CC2)CCC1N.Cl. The Balaban J connectivity index is 0.000000500. The highest BCUT2D eigenvalue weighted by Crippen LogP contribution is 2.55. The quantitative estimate of drug-likeness (QED) is 0.625. The molecule has 0 aromatic rings. The van der Waals surface area contributed by atoms with Crippen LogP contribution in [0, 0.1) is 11.3 Å². The van der Waals surface area contributed by atoms with Crippen LogP contribution in [-0.4, -0.2) is 6.04 Å². The molecule has 2 saturated carbocycles. The van der Waals surface area contributed by atoms with Crippen LogP contribution in [0.2, 0.25) is 0 Å². The molecule has 0 aromatic carbocycles. The summed E-state index contributed by atoms with van der Waals surface area (Å²) >= 11 is 0. The molecule has 0 aromatic heterocycles. The summed E-state index contributed by atoms with van der Waals surface area (Å²) in [5.41, 5.74) is 6.47. The van der Waals surface area contributed by atoms with E-state index in [4.69, 9.17) is 5.73 Å². The van der Waals surface area contributed by atoms with Crippen molar-refractivity contribution in [2.75, 3.05) is 0 Å². The van der Waals surface area contributed by atoms with Gasteiger partial charge in [-0.3, -0.25) is 0 Å². The maximum absolute atomic E-state index is 5.90. The molecule has 2 heteroatoms. The van der Waals surface area contributed by atoms with Gasteiger partial charge in [0.15, 0.2) is 0 Å². The van der Waals surface area contributed by atoms with Crippen molar-refractivity contribution in [2.24, 2.45) is 17.1 Å². The third-order valence-corrected chi connectivity index (χ3v) is 3.35. The predicted octanol–water partition coefficient (Wildman–Crippen LogP) is 1.95. The van der Waals surface area contributed by atoms with Crippen LogP contribution in [-0.2, 0) is 0 Å². The zero-order valence-corrected chi connectivity index (χ0v) is 7.29. The highest BCUT2D eigenvalue weighted by molar-refractivity contribution is 5.85.